The number of carbonyl (C=O) groups excluding carboxylic acids is 1. The smallest absolute Gasteiger partial charge is 0.406 e. The SMILES string of the molecule is CNCCC1CCN(CC(=O)Nc2ccc(OC(F)(F)F)cc2)CC1.Cl. The predicted molar refractivity (Wildman–Crippen MR) is 96.7 cm³/mol. The van der Waals surface area contributed by atoms with Crippen LogP contribution in [0.15, 0.2) is 24.3 Å². The zero-order valence-corrected chi connectivity index (χ0v) is 15.5. The van der Waals surface area contributed by atoms with Crippen molar-refractivity contribution in [3.05, 3.63) is 24.3 Å². The summed E-state index contributed by atoms with van der Waals surface area (Å²) >= 11 is 0. The lowest BCUT2D eigenvalue weighted by Crippen LogP contribution is -2.39. The van der Waals surface area contributed by atoms with E-state index in [1.54, 1.807) is 0 Å². The topological polar surface area (TPSA) is 53.6 Å². The molecule has 0 atom stereocenters. The second-order valence-corrected chi connectivity index (χ2v) is 6.23. The molecule has 0 unspecified atom stereocenters. The quantitative estimate of drug-likeness (QED) is 0.744. The molecule has 1 saturated heterocycles. The fraction of sp³-hybridized carbons (Fsp3) is 0.588. The van der Waals surface area contributed by atoms with Crippen molar-refractivity contribution in [1.29, 1.82) is 0 Å². The first-order chi connectivity index (χ1) is 11.9. The third kappa shape index (κ3) is 8.25. The maximum Gasteiger partial charge on any atom is 0.573 e. The summed E-state index contributed by atoms with van der Waals surface area (Å²) in [5.74, 6) is 0.222. The molecule has 1 aromatic rings. The summed E-state index contributed by atoms with van der Waals surface area (Å²) in [6.07, 6.45) is -1.40. The van der Waals surface area contributed by atoms with E-state index in [0.29, 0.717) is 18.2 Å². The molecule has 1 aromatic carbocycles. The molecule has 0 bridgehead atoms. The highest BCUT2D eigenvalue weighted by molar-refractivity contribution is 5.92. The fourth-order valence-corrected chi connectivity index (χ4v) is 2.93. The molecule has 1 heterocycles. The predicted octanol–water partition coefficient (Wildman–Crippen LogP) is 3.27. The van der Waals surface area contributed by atoms with E-state index in [2.05, 4.69) is 20.3 Å². The van der Waals surface area contributed by atoms with Gasteiger partial charge in [0, 0.05) is 5.69 Å². The molecule has 9 heteroatoms. The molecule has 148 valence electrons. The molecule has 1 aliphatic rings. The minimum absolute atomic E-state index is 0. The van der Waals surface area contributed by atoms with Gasteiger partial charge in [0.25, 0.3) is 0 Å². The van der Waals surface area contributed by atoms with Gasteiger partial charge in [-0.05, 0) is 76.1 Å². The van der Waals surface area contributed by atoms with Crippen LogP contribution >= 0.6 is 12.4 Å². The first-order valence-corrected chi connectivity index (χ1v) is 8.38. The molecule has 2 N–H and O–H groups in total. The number of alkyl halides is 3. The van der Waals surface area contributed by atoms with Crippen molar-refractivity contribution in [1.82, 2.24) is 10.2 Å². The van der Waals surface area contributed by atoms with Crippen molar-refractivity contribution < 1.29 is 22.7 Å². The molecule has 0 aromatic heterocycles. The van der Waals surface area contributed by atoms with Crippen LogP contribution in [0.2, 0.25) is 0 Å². The molecule has 1 amide bonds. The Morgan fingerprint density at radius 2 is 1.85 bits per heavy atom. The summed E-state index contributed by atoms with van der Waals surface area (Å²) in [5, 5.41) is 5.85. The molecule has 26 heavy (non-hydrogen) atoms. The number of benzene rings is 1. The van der Waals surface area contributed by atoms with Gasteiger partial charge >= 0.3 is 6.36 Å². The zero-order chi connectivity index (χ0) is 18.3. The average molecular weight is 396 g/mol. The van der Waals surface area contributed by atoms with Crippen LogP contribution < -0.4 is 15.4 Å². The number of hydrogen-bond donors (Lipinski definition) is 2. The third-order valence-electron chi connectivity index (χ3n) is 4.25. The van der Waals surface area contributed by atoms with E-state index in [-0.39, 0.29) is 24.1 Å². The van der Waals surface area contributed by atoms with Gasteiger partial charge in [-0.2, -0.15) is 0 Å². The standard InChI is InChI=1S/C17H24F3N3O2.ClH/c1-21-9-6-13-7-10-23(11-8-13)12-16(24)22-14-2-4-15(5-3-14)25-17(18,19)20;/h2-5,13,21H,6-12H2,1H3,(H,22,24);1H. The Hall–Kier alpha value is -1.51. The highest BCUT2D eigenvalue weighted by Gasteiger charge is 2.31. The highest BCUT2D eigenvalue weighted by atomic mass is 35.5. The van der Waals surface area contributed by atoms with Crippen LogP contribution in [0.3, 0.4) is 0 Å². The number of piperidine rings is 1. The lowest BCUT2D eigenvalue weighted by molar-refractivity contribution is -0.274. The number of hydrogen-bond acceptors (Lipinski definition) is 4. The monoisotopic (exact) mass is 395 g/mol. The lowest BCUT2D eigenvalue weighted by atomic mass is 9.93. The minimum atomic E-state index is -4.72. The van der Waals surface area contributed by atoms with E-state index in [1.165, 1.54) is 24.3 Å². The molecular formula is C17H25ClF3N3O2. The van der Waals surface area contributed by atoms with E-state index in [0.717, 1.165) is 38.9 Å². The second kappa shape index (κ2) is 10.6. The van der Waals surface area contributed by atoms with Gasteiger partial charge in [0.05, 0.1) is 6.54 Å². The lowest BCUT2D eigenvalue weighted by Gasteiger charge is -2.31. The van der Waals surface area contributed by atoms with Gasteiger partial charge in [0.15, 0.2) is 0 Å². The summed E-state index contributed by atoms with van der Waals surface area (Å²) in [7, 11) is 1.95. The average Bonchev–Trinajstić information content (AvgIpc) is 2.55. The van der Waals surface area contributed by atoms with Crippen molar-refractivity contribution >= 4 is 24.0 Å². The summed E-state index contributed by atoms with van der Waals surface area (Å²) in [6, 6.07) is 5.14. The van der Waals surface area contributed by atoms with Gasteiger partial charge < -0.3 is 15.4 Å². The second-order valence-electron chi connectivity index (χ2n) is 6.23. The van der Waals surface area contributed by atoms with Crippen LogP contribution in [0.25, 0.3) is 0 Å². The third-order valence-corrected chi connectivity index (χ3v) is 4.25. The molecule has 1 fully saturated rings. The zero-order valence-electron chi connectivity index (χ0n) is 14.6. The van der Waals surface area contributed by atoms with Gasteiger partial charge in [-0.25, -0.2) is 0 Å². The number of ether oxygens (including phenoxy) is 1. The number of halogens is 4. The number of anilines is 1. The van der Waals surface area contributed by atoms with Gasteiger partial charge in [-0.3, -0.25) is 9.69 Å². The van der Waals surface area contributed by atoms with E-state index < -0.39 is 6.36 Å². The largest absolute Gasteiger partial charge is 0.573 e. The van der Waals surface area contributed by atoms with Crippen molar-refractivity contribution in [3.63, 3.8) is 0 Å². The Morgan fingerprint density at radius 1 is 1.23 bits per heavy atom. The number of amides is 1. The maximum absolute atomic E-state index is 12.1. The van der Waals surface area contributed by atoms with Crippen molar-refractivity contribution in [2.75, 3.05) is 38.5 Å². The molecule has 0 aliphatic carbocycles. The number of carbonyl (C=O) groups is 1. The Balaban J connectivity index is 0.00000338. The van der Waals surface area contributed by atoms with Gasteiger partial charge in [-0.15, -0.1) is 25.6 Å². The van der Waals surface area contributed by atoms with Gasteiger partial charge in [0.2, 0.25) is 5.91 Å². The molecule has 2 rings (SSSR count). The summed E-state index contributed by atoms with van der Waals surface area (Å²) < 4.78 is 40.1. The van der Waals surface area contributed by atoms with Crippen LogP contribution in [0.1, 0.15) is 19.3 Å². The molecule has 1 aliphatic heterocycles. The van der Waals surface area contributed by atoms with E-state index >= 15 is 0 Å². The fourth-order valence-electron chi connectivity index (χ4n) is 2.93. The minimum Gasteiger partial charge on any atom is -0.406 e. The number of nitrogens with zero attached hydrogens (tertiary/aromatic N) is 1. The molecule has 0 saturated carbocycles. The van der Waals surface area contributed by atoms with E-state index in [1.807, 2.05) is 7.05 Å². The maximum atomic E-state index is 12.1. The molecular weight excluding hydrogens is 371 g/mol. The first kappa shape index (κ1) is 22.5. The summed E-state index contributed by atoms with van der Waals surface area (Å²) in [5.41, 5.74) is 0.448. The van der Waals surface area contributed by atoms with Gasteiger partial charge in [-0.1, -0.05) is 0 Å². The van der Waals surface area contributed by atoms with Gasteiger partial charge in [0.1, 0.15) is 5.75 Å². The van der Waals surface area contributed by atoms with E-state index in [4.69, 9.17) is 0 Å². The van der Waals surface area contributed by atoms with Crippen molar-refractivity contribution in [2.24, 2.45) is 5.92 Å². The molecule has 0 radical (unpaired) electrons. The van der Waals surface area contributed by atoms with Crippen LogP contribution in [0.4, 0.5) is 18.9 Å². The highest BCUT2D eigenvalue weighted by Crippen LogP contribution is 2.24. The Labute approximate surface area is 157 Å². The Kier molecular flexibility index (Phi) is 9.18. The molecule has 0 spiro atoms. The normalized spacial score (nSPS) is 16.0. The van der Waals surface area contributed by atoms with Crippen molar-refractivity contribution in [3.8, 4) is 5.75 Å². The van der Waals surface area contributed by atoms with Crippen LogP contribution in [-0.2, 0) is 4.79 Å². The number of likely N-dealkylation sites (tertiary alicyclic amines) is 1. The first-order valence-electron chi connectivity index (χ1n) is 8.38. The van der Waals surface area contributed by atoms with E-state index in [9.17, 15) is 18.0 Å². The van der Waals surface area contributed by atoms with Crippen LogP contribution in [0.5, 0.6) is 5.75 Å². The van der Waals surface area contributed by atoms with Crippen LogP contribution in [-0.4, -0.2) is 50.4 Å². The van der Waals surface area contributed by atoms with Crippen LogP contribution in [0, 0.1) is 5.92 Å². The number of nitrogens with one attached hydrogen (secondary N) is 2. The Bertz CT molecular complexity index is 547. The summed E-state index contributed by atoms with van der Waals surface area (Å²) in [6.45, 7) is 3.08. The molecule has 5 nitrogen and oxygen atoms in total. The number of rotatable bonds is 7. The van der Waals surface area contributed by atoms with Crippen molar-refractivity contribution in [2.45, 2.75) is 25.6 Å². The summed E-state index contributed by atoms with van der Waals surface area (Å²) in [4.78, 5) is 14.2. The Morgan fingerprint density at radius 3 is 2.38 bits per heavy atom.